The van der Waals surface area contributed by atoms with E-state index in [4.69, 9.17) is 0 Å². The fraction of sp³-hybridized carbons (Fsp3) is 0.643. The highest BCUT2D eigenvalue weighted by molar-refractivity contribution is 5.77. The van der Waals surface area contributed by atoms with Gasteiger partial charge in [-0.1, -0.05) is 24.8 Å². The Morgan fingerprint density at radius 2 is 2.33 bits per heavy atom. The summed E-state index contributed by atoms with van der Waals surface area (Å²) in [6, 6.07) is 0. The molecule has 1 rings (SSSR count). The largest absolute Gasteiger partial charge is 0.300 e. The predicted octanol–water partition coefficient (Wildman–Crippen LogP) is 3.64. The van der Waals surface area contributed by atoms with Gasteiger partial charge in [0.05, 0.1) is 0 Å². The number of carbonyl (C=O) groups is 1. The Kier molecular flexibility index (Phi) is 5.85. The topological polar surface area (TPSA) is 17.1 Å². The van der Waals surface area contributed by atoms with Gasteiger partial charge in [-0.3, -0.25) is 4.79 Å². The average Bonchev–Trinajstić information content (AvgIpc) is 2.29. The van der Waals surface area contributed by atoms with E-state index < -0.39 is 0 Å². The summed E-state index contributed by atoms with van der Waals surface area (Å²) in [6.45, 7) is 1.92. The summed E-state index contributed by atoms with van der Waals surface area (Å²) in [6.07, 6.45) is 10.4. The molecule has 0 aromatic rings. The van der Waals surface area contributed by atoms with Crippen LogP contribution >= 0.6 is 0 Å². The van der Waals surface area contributed by atoms with E-state index >= 15 is 0 Å². The fourth-order valence-electron chi connectivity index (χ4n) is 1.68. The third kappa shape index (κ3) is 5.42. The maximum absolute atomic E-state index is 11.0. The summed E-state index contributed by atoms with van der Waals surface area (Å²) in [5, 5.41) is 0. The molecule has 0 aromatic carbocycles. The van der Waals surface area contributed by atoms with E-state index in [1.54, 1.807) is 0 Å². The zero-order chi connectivity index (χ0) is 10.9. The van der Waals surface area contributed by atoms with Crippen LogP contribution in [0.1, 0.15) is 58.3 Å². The van der Waals surface area contributed by atoms with Crippen LogP contribution in [-0.2, 0) is 4.79 Å². The maximum atomic E-state index is 11.0. The first-order valence-corrected chi connectivity index (χ1v) is 6.02. The summed E-state index contributed by atoms with van der Waals surface area (Å²) in [5.41, 5.74) is 1.31. The molecule has 15 heavy (non-hydrogen) atoms. The van der Waals surface area contributed by atoms with Crippen LogP contribution in [0.25, 0.3) is 0 Å². The summed E-state index contributed by atoms with van der Waals surface area (Å²) in [5.74, 6) is 6.73. The minimum atomic E-state index is 0.355. The third-order valence-corrected chi connectivity index (χ3v) is 2.69. The number of rotatable bonds is 4. The molecule has 0 heterocycles. The minimum Gasteiger partial charge on any atom is -0.300 e. The van der Waals surface area contributed by atoms with E-state index in [9.17, 15) is 4.79 Å². The van der Waals surface area contributed by atoms with Crippen molar-refractivity contribution in [2.75, 3.05) is 0 Å². The molecule has 0 spiro atoms. The van der Waals surface area contributed by atoms with Crippen LogP contribution in [-0.4, -0.2) is 5.78 Å². The number of hydrogen-bond donors (Lipinski definition) is 0. The molecule has 1 heteroatoms. The fourth-order valence-corrected chi connectivity index (χ4v) is 1.68. The summed E-state index contributed by atoms with van der Waals surface area (Å²) >= 11 is 0. The first-order chi connectivity index (χ1) is 7.33. The van der Waals surface area contributed by atoms with Crippen molar-refractivity contribution in [3.8, 4) is 11.8 Å². The number of hydrogen-bond acceptors (Lipinski definition) is 1. The summed E-state index contributed by atoms with van der Waals surface area (Å²) < 4.78 is 0. The number of allylic oxidation sites excluding steroid dienone is 2. The van der Waals surface area contributed by atoms with Crippen LogP contribution in [0.5, 0.6) is 0 Å². The molecule has 0 saturated carbocycles. The molecule has 0 aliphatic heterocycles. The monoisotopic (exact) mass is 204 g/mol. The van der Waals surface area contributed by atoms with Crippen molar-refractivity contribution in [2.24, 2.45) is 0 Å². The molecule has 0 bridgehead atoms. The Hall–Kier alpha value is -1.03. The Morgan fingerprint density at radius 1 is 1.47 bits per heavy atom. The molecule has 0 aromatic heterocycles. The van der Waals surface area contributed by atoms with Crippen LogP contribution in [0.15, 0.2) is 11.6 Å². The number of carbonyl (C=O) groups excluding carboxylic acids is 1. The van der Waals surface area contributed by atoms with Gasteiger partial charge in [-0.2, -0.15) is 0 Å². The van der Waals surface area contributed by atoms with Gasteiger partial charge in [-0.15, -0.1) is 0 Å². The normalized spacial score (nSPS) is 15.1. The quantitative estimate of drug-likeness (QED) is 0.504. The lowest BCUT2D eigenvalue weighted by atomic mass is 10.00. The van der Waals surface area contributed by atoms with Crippen molar-refractivity contribution in [2.45, 2.75) is 58.3 Å². The van der Waals surface area contributed by atoms with Gasteiger partial charge in [0, 0.05) is 19.3 Å². The van der Waals surface area contributed by atoms with E-state index in [2.05, 4.69) is 17.9 Å². The van der Waals surface area contributed by atoms with E-state index in [-0.39, 0.29) is 0 Å². The Bertz CT molecular complexity index is 288. The molecule has 1 aliphatic rings. The first kappa shape index (κ1) is 12.0. The van der Waals surface area contributed by atoms with Crippen molar-refractivity contribution in [3.63, 3.8) is 0 Å². The van der Waals surface area contributed by atoms with Crippen LogP contribution in [0.2, 0.25) is 0 Å². The molecule has 0 N–H and O–H groups in total. The van der Waals surface area contributed by atoms with E-state index in [1.165, 1.54) is 24.8 Å². The SMILES string of the molecule is CCC(=O)CCCC#CC1=CCCCC1. The van der Waals surface area contributed by atoms with Gasteiger partial charge < -0.3 is 0 Å². The van der Waals surface area contributed by atoms with Gasteiger partial charge in [0.15, 0.2) is 0 Å². The summed E-state index contributed by atoms with van der Waals surface area (Å²) in [4.78, 5) is 11.0. The second-order valence-electron chi connectivity index (χ2n) is 4.02. The molecule has 0 amide bonds. The lowest BCUT2D eigenvalue weighted by Gasteiger charge is -2.05. The zero-order valence-electron chi connectivity index (χ0n) is 9.64. The zero-order valence-corrected chi connectivity index (χ0v) is 9.64. The Balaban J connectivity index is 2.16. The van der Waals surface area contributed by atoms with Crippen molar-refractivity contribution in [1.82, 2.24) is 0 Å². The molecule has 0 radical (unpaired) electrons. The van der Waals surface area contributed by atoms with Gasteiger partial charge in [0.2, 0.25) is 0 Å². The third-order valence-electron chi connectivity index (χ3n) is 2.69. The molecule has 82 valence electrons. The molecule has 0 fully saturated rings. The lowest BCUT2D eigenvalue weighted by Crippen LogP contribution is -1.93. The van der Waals surface area contributed by atoms with E-state index in [0.29, 0.717) is 18.6 Å². The van der Waals surface area contributed by atoms with Gasteiger partial charge in [-0.05, 0) is 37.7 Å². The molecule has 0 saturated heterocycles. The second-order valence-corrected chi connectivity index (χ2v) is 4.02. The van der Waals surface area contributed by atoms with Crippen LogP contribution in [0.4, 0.5) is 0 Å². The standard InChI is InChI=1S/C14H20O/c1-2-14(15)12-8-4-7-11-13-9-5-3-6-10-13/h9H,2-6,8,10,12H2,1H3. The lowest BCUT2D eigenvalue weighted by molar-refractivity contribution is -0.118. The van der Waals surface area contributed by atoms with Crippen LogP contribution < -0.4 is 0 Å². The van der Waals surface area contributed by atoms with Gasteiger partial charge in [-0.25, -0.2) is 0 Å². The summed E-state index contributed by atoms with van der Waals surface area (Å²) in [7, 11) is 0. The molecular formula is C14H20O. The second kappa shape index (κ2) is 7.29. The highest BCUT2D eigenvalue weighted by Crippen LogP contribution is 2.16. The molecule has 1 aliphatic carbocycles. The van der Waals surface area contributed by atoms with Gasteiger partial charge in [0.1, 0.15) is 5.78 Å². The smallest absolute Gasteiger partial charge is 0.132 e. The highest BCUT2D eigenvalue weighted by Gasteiger charge is 1.99. The highest BCUT2D eigenvalue weighted by atomic mass is 16.1. The Labute approximate surface area is 92.9 Å². The van der Waals surface area contributed by atoms with E-state index in [0.717, 1.165) is 19.3 Å². The molecule has 1 nitrogen and oxygen atoms in total. The van der Waals surface area contributed by atoms with Gasteiger partial charge in [0.25, 0.3) is 0 Å². The van der Waals surface area contributed by atoms with Crippen molar-refractivity contribution < 1.29 is 4.79 Å². The van der Waals surface area contributed by atoms with Crippen LogP contribution in [0, 0.1) is 11.8 Å². The van der Waals surface area contributed by atoms with Crippen molar-refractivity contribution in [3.05, 3.63) is 11.6 Å². The molecule has 0 unspecified atom stereocenters. The maximum Gasteiger partial charge on any atom is 0.132 e. The average molecular weight is 204 g/mol. The van der Waals surface area contributed by atoms with Crippen LogP contribution in [0.3, 0.4) is 0 Å². The Morgan fingerprint density at radius 3 is 3.00 bits per heavy atom. The van der Waals surface area contributed by atoms with E-state index in [1.807, 2.05) is 6.92 Å². The predicted molar refractivity (Wildman–Crippen MR) is 63.5 cm³/mol. The van der Waals surface area contributed by atoms with Crippen molar-refractivity contribution >= 4 is 5.78 Å². The van der Waals surface area contributed by atoms with Gasteiger partial charge >= 0.3 is 0 Å². The number of unbranched alkanes of at least 4 members (excludes halogenated alkanes) is 1. The molecule has 0 atom stereocenters. The minimum absolute atomic E-state index is 0.355. The number of Topliss-reactive ketones (excluding diaryl/α,β-unsaturated/α-hetero) is 1. The number of ketones is 1. The van der Waals surface area contributed by atoms with Crippen molar-refractivity contribution in [1.29, 1.82) is 0 Å². The molecular weight excluding hydrogens is 184 g/mol. The first-order valence-electron chi connectivity index (χ1n) is 6.02.